The molecule has 0 radical (unpaired) electrons. The number of piperazine rings is 1. The van der Waals surface area contributed by atoms with E-state index in [0.717, 1.165) is 5.92 Å². The molecule has 1 atom stereocenters. The molecule has 0 amide bonds. The van der Waals surface area contributed by atoms with E-state index in [2.05, 4.69) is 31.0 Å². The second-order valence-electron chi connectivity index (χ2n) is 6.76. The lowest BCUT2D eigenvalue weighted by molar-refractivity contribution is 0.132. The second-order valence-corrected chi connectivity index (χ2v) is 6.76. The molecule has 0 aromatic rings. The van der Waals surface area contributed by atoms with Gasteiger partial charge in [0.2, 0.25) is 0 Å². The molecule has 16 heavy (non-hydrogen) atoms. The van der Waals surface area contributed by atoms with Gasteiger partial charge in [-0.1, -0.05) is 33.6 Å². The minimum Gasteiger partial charge on any atom is -0.311 e. The molecule has 94 valence electrons. The van der Waals surface area contributed by atoms with Crippen LogP contribution in [0.2, 0.25) is 0 Å². The number of rotatable bonds is 4. The van der Waals surface area contributed by atoms with Crippen molar-refractivity contribution >= 4 is 0 Å². The first-order valence-electron chi connectivity index (χ1n) is 7.01. The molecule has 0 aromatic heterocycles. The lowest BCUT2D eigenvalue weighted by atomic mass is 9.85. The van der Waals surface area contributed by atoms with Gasteiger partial charge in [-0.15, -0.1) is 0 Å². The van der Waals surface area contributed by atoms with E-state index in [0.29, 0.717) is 11.5 Å². The Balaban J connectivity index is 1.68. The second kappa shape index (κ2) is 5.05. The predicted octanol–water partition coefficient (Wildman–Crippen LogP) is 2.50. The van der Waals surface area contributed by atoms with Crippen molar-refractivity contribution in [1.82, 2.24) is 10.2 Å². The summed E-state index contributed by atoms with van der Waals surface area (Å²) in [7, 11) is 0. The van der Waals surface area contributed by atoms with Crippen LogP contribution < -0.4 is 5.32 Å². The molecule has 1 aliphatic heterocycles. The third kappa shape index (κ3) is 3.74. The number of hydrogen-bond donors (Lipinski definition) is 1. The van der Waals surface area contributed by atoms with Crippen LogP contribution in [0.4, 0.5) is 0 Å². The van der Waals surface area contributed by atoms with E-state index >= 15 is 0 Å². The third-order valence-corrected chi connectivity index (χ3v) is 4.09. The summed E-state index contributed by atoms with van der Waals surface area (Å²) in [5.41, 5.74) is 0.398. The largest absolute Gasteiger partial charge is 0.311 e. The van der Waals surface area contributed by atoms with Crippen LogP contribution in [0.3, 0.4) is 0 Å². The Morgan fingerprint density at radius 3 is 2.62 bits per heavy atom. The average molecular weight is 224 g/mol. The lowest BCUT2D eigenvalue weighted by Gasteiger charge is -2.40. The summed E-state index contributed by atoms with van der Waals surface area (Å²) in [5, 5.41) is 3.66. The van der Waals surface area contributed by atoms with Gasteiger partial charge >= 0.3 is 0 Å². The van der Waals surface area contributed by atoms with Crippen molar-refractivity contribution in [2.45, 2.75) is 52.5 Å². The van der Waals surface area contributed by atoms with Gasteiger partial charge < -0.3 is 10.2 Å². The molecule has 0 spiro atoms. The molecule has 1 aliphatic carbocycles. The maximum absolute atomic E-state index is 3.66. The Morgan fingerprint density at radius 1 is 1.25 bits per heavy atom. The van der Waals surface area contributed by atoms with Gasteiger partial charge in [0, 0.05) is 25.7 Å². The maximum Gasteiger partial charge on any atom is 0.0244 e. The Bertz CT molecular complexity index is 215. The summed E-state index contributed by atoms with van der Waals surface area (Å²) in [4.78, 5) is 2.66. The standard InChI is InChI=1S/C14H28N2/c1-14(2,3)13-11-16(10-8-15-13)9-4-5-12-6-7-12/h12-13,15H,4-11H2,1-3H3. The number of nitrogens with one attached hydrogen (secondary N) is 1. The minimum atomic E-state index is 0.398. The molecule has 2 nitrogen and oxygen atoms in total. The fraction of sp³-hybridized carbons (Fsp3) is 1.00. The van der Waals surface area contributed by atoms with Crippen LogP contribution in [0.5, 0.6) is 0 Å². The molecule has 1 saturated heterocycles. The van der Waals surface area contributed by atoms with Gasteiger partial charge in [0.25, 0.3) is 0 Å². The molecule has 1 N–H and O–H groups in total. The van der Waals surface area contributed by atoms with E-state index in [-0.39, 0.29) is 0 Å². The van der Waals surface area contributed by atoms with Crippen LogP contribution in [-0.2, 0) is 0 Å². The van der Waals surface area contributed by atoms with Crippen LogP contribution in [0.1, 0.15) is 46.5 Å². The number of nitrogens with zero attached hydrogens (tertiary/aromatic N) is 1. The van der Waals surface area contributed by atoms with Crippen molar-refractivity contribution in [2.24, 2.45) is 11.3 Å². The van der Waals surface area contributed by atoms with Gasteiger partial charge in [-0.25, -0.2) is 0 Å². The van der Waals surface area contributed by atoms with Gasteiger partial charge in [-0.05, 0) is 30.7 Å². The Kier molecular flexibility index (Phi) is 3.91. The van der Waals surface area contributed by atoms with Gasteiger partial charge in [0.1, 0.15) is 0 Å². The minimum absolute atomic E-state index is 0.398. The highest BCUT2D eigenvalue weighted by molar-refractivity contribution is 4.87. The van der Waals surface area contributed by atoms with E-state index < -0.39 is 0 Å². The third-order valence-electron chi connectivity index (χ3n) is 4.09. The first-order chi connectivity index (χ1) is 7.55. The lowest BCUT2D eigenvalue weighted by Crippen LogP contribution is -2.55. The topological polar surface area (TPSA) is 15.3 Å². The van der Waals surface area contributed by atoms with Crippen molar-refractivity contribution in [3.05, 3.63) is 0 Å². The highest BCUT2D eigenvalue weighted by atomic mass is 15.2. The van der Waals surface area contributed by atoms with Crippen LogP contribution in [0.25, 0.3) is 0 Å². The van der Waals surface area contributed by atoms with Crippen molar-refractivity contribution in [3.8, 4) is 0 Å². The Morgan fingerprint density at radius 2 is 2.00 bits per heavy atom. The van der Waals surface area contributed by atoms with Crippen LogP contribution in [0.15, 0.2) is 0 Å². The summed E-state index contributed by atoms with van der Waals surface area (Å²) in [6.07, 6.45) is 5.91. The summed E-state index contributed by atoms with van der Waals surface area (Å²) in [6, 6.07) is 0.669. The molecule has 0 aromatic carbocycles. The van der Waals surface area contributed by atoms with Crippen LogP contribution >= 0.6 is 0 Å². The smallest absolute Gasteiger partial charge is 0.0244 e. The van der Waals surface area contributed by atoms with Gasteiger partial charge in [0.15, 0.2) is 0 Å². The highest BCUT2D eigenvalue weighted by Gasteiger charge is 2.29. The monoisotopic (exact) mass is 224 g/mol. The number of hydrogen-bond acceptors (Lipinski definition) is 2. The quantitative estimate of drug-likeness (QED) is 0.789. The molecule has 1 saturated carbocycles. The Labute approximate surface area is 101 Å². The summed E-state index contributed by atoms with van der Waals surface area (Å²) >= 11 is 0. The summed E-state index contributed by atoms with van der Waals surface area (Å²) < 4.78 is 0. The van der Waals surface area contributed by atoms with Crippen LogP contribution in [-0.4, -0.2) is 37.1 Å². The summed E-state index contributed by atoms with van der Waals surface area (Å²) in [5.74, 6) is 1.10. The predicted molar refractivity (Wildman–Crippen MR) is 69.6 cm³/mol. The first kappa shape index (κ1) is 12.4. The molecule has 2 rings (SSSR count). The molecular formula is C14H28N2. The molecule has 2 heteroatoms. The van der Waals surface area contributed by atoms with Gasteiger partial charge in [-0.2, -0.15) is 0 Å². The van der Waals surface area contributed by atoms with E-state index in [9.17, 15) is 0 Å². The zero-order valence-electron chi connectivity index (χ0n) is 11.3. The van der Waals surface area contributed by atoms with Crippen molar-refractivity contribution in [2.75, 3.05) is 26.2 Å². The molecule has 1 unspecified atom stereocenters. The molecule has 2 aliphatic rings. The van der Waals surface area contributed by atoms with E-state index in [4.69, 9.17) is 0 Å². The molecular weight excluding hydrogens is 196 g/mol. The van der Waals surface area contributed by atoms with Gasteiger partial charge in [0.05, 0.1) is 0 Å². The summed E-state index contributed by atoms with van der Waals surface area (Å²) in [6.45, 7) is 12.0. The van der Waals surface area contributed by atoms with E-state index in [1.54, 1.807) is 0 Å². The maximum atomic E-state index is 3.66. The zero-order chi connectivity index (χ0) is 11.6. The average Bonchev–Trinajstić information content (AvgIpc) is 3.01. The molecule has 0 bridgehead atoms. The fourth-order valence-electron chi connectivity index (χ4n) is 2.60. The van der Waals surface area contributed by atoms with Crippen LogP contribution in [0, 0.1) is 11.3 Å². The molecule has 1 heterocycles. The van der Waals surface area contributed by atoms with Crippen molar-refractivity contribution in [1.29, 1.82) is 0 Å². The normalized spacial score (nSPS) is 28.3. The zero-order valence-corrected chi connectivity index (χ0v) is 11.3. The molecule has 2 fully saturated rings. The van der Waals surface area contributed by atoms with Gasteiger partial charge in [-0.3, -0.25) is 0 Å². The Hall–Kier alpha value is -0.0800. The first-order valence-corrected chi connectivity index (χ1v) is 7.01. The van der Waals surface area contributed by atoms with Crippen molar-refractivity contribution in [3.63, 3.8) is 0 Å². The highest BCUT2D eigenvalue weighted by Crippen LogP contribution is 2.33. The van der Waals surface area contributed by atoms with E-state index in [1.807, 2.05) is 0 Å². The van der Waals surface area contributed by atoms with Crippen molar-refractivity contribution < 1.29 is 0 Å². The van der Waals surface area contributed by atoms with E-state index in [1.165, 1.54) is 51.9 Å². The SMILES string of the molecule is CC(C)(C)C1CN(CCCC2CC2)CCN1. The fourth-order valence-corrected chi connectivity index (χ4v) is 2.60.